The molecule has 0 bridgehead atoms. The van der Waals surface area contributed by atoms with Crippen molar-refractivity contribution in [3.63, 3.8) is 0 Å². The highest BCUT2D eigenvalue weighted by Gasteiger charge is 2.24. The zero-order valence-electron chi connectivity index (χ0n) is 19.1. The van der Waals surface area contributed by atoms with Crippen LogP contribution >= 0.6 is 11.6 Å². The van der Waals surface area contributed by atoms with Crippen molar-refractivity contribution in [1.29, 1.82) is 0 Å². The number of benzene rings is 3. The monoisotopic (exact) mass is 527 g/mol. The number of carbonyl (C=O) groups excluding carboxylic acids is 1. The number of hydrogen-bond donors (Lipinski definition) is 3. The summed E-state index contributed by atoms with van der Waals surface area (Å²) in [4.78, 5) is 23.9. The quantitative estimate of drug-likeness (QED) is 0.210. The molecule has 3 N–H and O–H groups in total. The van der Waals surface area contributed by atoms with Crippen LogP contribution in [-0.4, -0.2) is 38.5 Å². The predicted molar refractivity (Wildman–Crippen MR) is 130 cm³/mol. The largest absolute Gasteiger partial charge is 0.481 e. The molecule has 37 heavy (non-hydrogen) atoms. The maximum Gasteiger partial charge on any atom is 0.307 e. The fraction of sp³-hybridized carbons (Fsp3) is 0.115. The third-order valence-electron chi connectivity index (χ3n) is 5.39. The molecule has 1 aromatic heterocycles. The van der Waals surface area contributed by atoms with E-state index in [1.165, 1.54) is 42.5 Å². The summed E-state index contributed by atoms with van der Waals surface area (Å²) in [6, 6.07) is 17.7. The predicted octanol–water partition coefficient (Wildman–Crippen LogP) is 4.88. The first-order valence-corrected chi connectivity index (χ1v) is 11.3. The molecule has 1 amide bonds. The van der Waals surface area contributed by atoms with Crippen molar-refractivity contribution in [2.45, 2.75) is 19.2 Å². The summed E-state index contributed by atoms with van der Waals surface area (Å²) in [5.41, 5.74) is 4.04. The van der Waals surface area contributed by atoms with Crippen LogP contribution in [-0.2, 0) is 11.3 Å². The van der Waals surface area contributed by atoms with E-state index in [0.717, 1.165) is 5.01 Å². The summed E-state index contributed by atoms with van der Waals surface area (Å²) in [6.07, 6.45) is -2.29. The van der Waals surface area contributed by atoms with E-state index in [4.69, 9.17) is 21.2 Å². The van der Waals surface area contributed by atoms with Gasteiger partial charge in [0.2, 0.25) is 5.76 Å². The standard InChI is InChI=1S/C26H20ClF2N3O5/c27-17-9-10-21(29)19(11-17)16-7-5-15(6-8-16)14-32(24(33)13-25(34)35)30-26(36)23-12-22(31-37-23)18-3-1-2-4-20(18)28/h1-12,24,33H,13-14H2,(H,30,36)(H,34,35)/t24-/m1/s1. The SMILES string of the molecule is O=C(O)C[C@@H](O)N(Cc1ccc(-c2cc(Cl)ccc2F)cc1)NC(=O)c1cc(-c2ccccc2F)no1. The van der Waals surface area contributed by atoms with E-state index in [1.807, 2.05) is 0 Å². The molecule has 4 aromatic rings. The van der Waals surface area contributed by atoms with Gasteiger partial charge in [-0.25, -0.2) is 8.78 Å². The number of amides is 1. The molecule has 0 fully saturated rings. The third kappa shape index (κ3) is 6.36. The van der Waals surface area contributed by atoms with Crippen LogP contribution in [0.3, 0.4) is 0 Å². The second-order valence-corrected chi connectivity index (χ2v) is 8.46. The number of hydrazine groups is 1. The van der Waals surface area contributed by atoms with E-state index in [-0.39, 0.29) is 23.6 Å². The van der Waals surface area contributed by atoms with Gasteiger partial charge < -0.3 is 14.7 Å². The van der Waals surface area contributed by atoms with Crippen molar-refractivity contribution in [3.8, 4) is 22.4 Å². The smallest absolute Gasteiger partial charge is 0.307 e. The van der Waals surface area contributed by atoms with Crippen molar-refractivity contribution in [2.24, 2.45) is 0 Å². The summed E-state index contributed by atoms with van der Waals surface area (Å²) in [6.45, 7) is -0.104. The average molecular weight is 528 g/mol. The molecule has 0 aliphatic carbocycles. The van der Waals surface area contributed by atoms with Crippen LogP contribution in [0.15, 0.2) is 77.3 Å². The summed E-state index contributed by atoms with van der Waals surface area (Å²) in [5, 5.41) is 24.6. The maximum absolute atomic E-state index is 14.2. The average Bonchev–Trinajstić information content (AvgIpc) is 3.36. The Morgan fingerprint density at radius 2 is 1.70 bits per heavy atom. The molecule has 8 nitrogen and oxygen atoms in total. The highest BCUT2D eigenvalue weighted by Crippen LogP contribution is 2.27. The van der Waals surface area contributed by atoms with E-state index < -0.39 is 36.2 Å². The number of carboxylic acid groups (broad SMARTS) is 1. The number of aliphatic hydroxyl groups is 1. The maximum atomic E-state index is 14.2. The number of hydrogen-bond acceptors (Lipinski definition) is 6. The van der Waals surface area contributed by atoms with E-state index in [1.54, 1.807) is 30.3 Å². The molecule has 11 heteroatoms. The van der Waals surface area contributed by atoms with E-state index >= 15 is 0 Å². The molecule has 0 spiro atoms. The molecule has 3 aromatic carbocycles. The molecule has 0 radical (unpaired) electrons. The minimum Gasteiger partial charge on any atom is -0.481 e. The van der Waals surface area contributed by atoms with Crippen molar-refractivity contribution < 1.29 is 33.1 Å². The Balaban J connectivity index is 1.52. The molecular formula is C26H20ClF2N3O5. The number of aliphatic carboxylic acids is 1. The number of aliphatic hydroxyl groups excluding tert-OH is 1. The van der Waals surface area contributed by atoms with Crippen molar-refractivity contribution in [3.05, 3.63) is 101 Å². The van der Waals surface area contributed by atoms with Gasteiger partial charge in [0.1, 0.15) is 23.6 Å². The first-order valence-electron chi connectivity index (χ1n) is 10.9. The molecule has 0 saturated heterocycles. The van der Waals surface area contributed by atoms with Gasteiger partial charge in [0, 0.05) is 28.8 Å². The normalized spacial score (nSPS) is 11.9. The van der Waals surface area contributed by atoms with Crippen LogP contribution in [0.25, 0.3) is 22.4 Å². The van der Waals surface area contributed by atoms with Crippen LogP contribution in [0.1, 0.15) is 22.5 Å². The molecule has 0 saturated carbocycles. The zero-order chi connectivity index (χ0) is 26.5. The zero-order valence-corrected chi connectivity index (χ0v) is 19.8. The lowest BCUT2D eigenvalue weighted by Gasteiger charge is -2.27. The third-order valence-corrected chi connectivity index (χ3v) is 5.63. The number of rotatable bonds is 9. The van der Waals surface area contributed by atoms with Gasteiger partial charge in [-0.2, -0.15) is 5.01 Å². The highest BCUT2D eigenvalue weighted by atomic mass is 35.5. The number of nitrogens with one attached hydrogen (secondary N) is 1. The first-order chi connectivity index (χ1) is 17.7. The summed E-state index contributed by atoms with van der Waals surface area (Å²) in [5.74, 6) is -3.41. The number of aromatic nitrogens is 1. The summed E-state index contributed by atoms with van der Waals surface area (Å²) >= 11 is 5.97. The van der Waals surface area contributed by atoms with Crippen LogP contribution in [0.2, 0.25) is 5.02 Å². The molecule has 190 valence electrons. The van der Waals surface area contributed by atoms with Gasteiger partial charge in [-0.05, 0) is 41.5 Å². The topological polar surface area (TPSA) is 116 Å². The molecule has 0 aliphatic heterocycles. The molecule has 1 heterocycles. The van der Waals surface area contributed by atoms with Crippen LogP contribution in [0.5, 0.6) is 0 Å². The Hall–Kier alpha value is -4.12. The Morgan fingerprint density at radius 3 is 2.41 bits per heavy atom. The van der Waals surface area contributed by atoms with Crippen LogP contribution < -0.4 is 5.43 Å². The van der Waals surface area contributed by atoms with Gasteiger partial charge in [0.15, 0.2) is 0 Å². The lowest BCUT2D eigenvalue weighted by molar-refractivity contribution is -0.144. The van der Waals surface area contributed by atoms with Gasteiger partial charge >= 0.3 is 11.9 Å². The van der Waals surface area contributed by atoms with Gasteiger partial charge in [0.05, 0.1) is 6.42 Å². The Morgan fingerprint density at radius 1 is 1.00 bits per heavy atom. The fourth-order valence-corrected chi connectivity index (χ4v) is 3.73. The molecule has 1 atom stereocenters. The van der Waals surface area contributed by atoms with Gasteiger partial charge in [-0.1, -0.05) is 53.2 Å². The summed E-state index contributed by atoms with van der Waals surface area (Å²) in [7, 11) is 0. The van der Waals surface area contributed by atoms with Crippen molar-refractivity contribution >= 4 is 23.5 Å². The van der Waals surface area contributed by atoms with Crippen molar-refractivity contribution in [1.82, 2.24) is 15.6 Å². The second-order valence-electron chi connectivity index (χ2n) is 8.02. The molecule has 0 aliphatic rings. The van der Waals surface area contributed by atoms with Crippen LogP contribution in [0.4, 0.5) is 8.78 Å². The number of carboxylic acids is 1. The summed E-state index contributed by atoms with van der Waals surface area (Å²) < 4.78 is 33.3. The van der Waals surface area contributed by atoms with E-state index in [2.05, 4.69) is 10.6 Å². The van der Waals surface area contributed by atoms with Crippen LogP contribution in [0, 0.1) is 11.6 Å². The molecule has 4 rings (SSSR count). The van der Waals surface area contributed by atoms with Gasteiger partial charge in [-0.3, -0.25) is 15.0 Å². The number of carbonyl (C=O) groups is 2. The van der Waals surface area contributed by atoms with E-state index in [0.29, 0.717) is 21.7 Å². The van der Waals surface area contributed by atoms with Crippen molar-refractivity contribution in [2.75, 3.05) is 0 Å². The Bertz CT molecular complexity index is 1430. The lowest BCUT2D eigenvalue weighted by atomic mass is 10.0. The number of nitrogens with zero attached hydrogens (tertiary/aromatic N) is 2. The molecular weight excluding hydrogens is 508 g/mol. The number of halogens is 3. The second kappa shape index (κ2) is 11.3. The molecule has 0 unspecified atom stereocenters. The highest BCUT2D eigenvalue weighted by molar-refractivity contribution is 6.30. The van der Waals surface area contributed by atoms with Gasteiger partial charge in [-0.15, -0.1) is 0 Å². The minimum atomic E-state index is -1.60. The lowest BCUT2D eigenvalue weighted by Crippen LogP contribution is -2.48. The Labute approximate surface area is 214 Å². The van der Waals surface area contributed by atoms with E-state index in [9.17, 15) is 23.5 Å². The minimum absolute atomic E-state index is 0.0877. The van der Waals surface area contributed by atoms with Gasteiger partial charge in [0.25, 0.3) is 0 Å². The first kappa shape index (κ1) is 26.0. The Kier molecular flexibility index (Phi) is 7.92. The fourth-order valence-electron chi connectivity index (χ4n) is 3.55.